The van der Waals surface area contributed by atoms with Crippen molar-refractivity contribution in [2.45, 2.75) is 31.7 Å². The molecule has 0 aromatic heterocycles. The average Bonchev–Trinajstić information content (AvgIpc) is 2.64. The number of rotatable bonds is 1. The van der Waals surface area contributed by atoms with Crippen LogP contribution < -0.4 is 5.32 Å². The molecule has 2 heterocycles. The highest BCUT2D eigenvalue weighted by atomic mass is 16.2. The maximum absolute atomic E-state index is 12.3. The number of amides is 2. The van der Waals surface area contributed by atoms with E-state index in [0.29, 0.717) is 0 Å². The molecule has 0 bridgehead atoms. The fraction of sp³-hybridized carbons (Fsp3) is 0.692. The van der Waals surface area contributed by atoms with Gasteiger partial charge in [-0.25, -0.2) is 0 Å². The Morgan fingerprint density at radius 3 is 2.29 bits per heavy atom. The molecule has 0 spiro atoms. The van der Waals surface area contributed by atoms with Gasteiger partial charge in [-0.15, -0.1) is 0 Å². The van der Waals surface area contributed by atoms with Gasteiger partial charge in [0.2, 0.25) is 11.8 Å². The van der Waals surface area contributed by atoms with Crippen LogP contribution in [0.3, 0.4) is 0 Å². The molecular weight excluding hydrogens is 216 g/mol. The molecule has 3 unspecified atom stereocenters. The second-order valence-electron chi connectivity index (χ2n) is 5.20. The van der Waals surface area contributed by atoms with Crippen molar-refractivity contribution in [2.24, 2.45) is 11.8 Å². The van der Waals surface area contributed by atoms with E-state index in [2.05, 4.69) is 5.32 Å². The number of allylic oxidation sites excluding steroid dienone is 2. The quantitative estimate of drug-likeness (QED) is 0.536. The lowest BCUT2D eigenvalue weighted by molar-refractivity contribution is -0.143. The van der Waals surface area contributed by atoms with Crippen LogP contribution in [0.1, 0.15) is 25.7 Å². The van der Waals surface area contributed by atoms with Crippen LogP contribution in [0.15, 0.2) is 12.2 Å². The second kappa shape index (κ2) is 4.26. The molecule has 92 valence electrons. The van der Waals surface area contributed by atoms with Crippen molar-refractivity contribution >= 4 is 11.8 Å². The molecular formula is C13H18N2O2. The van der Waals surface area contributed by atoms with Crippen LogP contribution in [0, 0.1) is 11.8 Å². The van der Waals surface area contributed by atoms with Gasteiger partial charge in [-0.2, -0.15) is 0 Å². The van der Waals surface area contributed by atoms with Gasteiger partial charge in [0.1, 0.15) is 0 Å². The van der Waals surface area contributed by atoms with Crippen molar-refractivity contribution in [2.75, 3.05) is 13.1 Å². The highest BCUT2D eigenvalue weighted by molar-refractivity contribution is 6.05. The Morgan fingerprint density at radius 2 is 1.76 bits per heavy atom. The average molecular weight is 234 g/mol. The summed E-state index contributed by atoms with van der Waals surface area (Å²) in [5.41, 5.74) is 0. The molecule has 2 saturated heterocycles. The molecule has 4 heteroatoms. The minimum absolute atomic E-state index is 0.0676. The smallest absolute Gasteiger partial charge is 0.233 e. The van der Waals surface area contributed by atoms with Gasteiger partial charge in [-0.3, -0.25) is 14.5 Å². The Balaban J connectivity index is 1.81. The number of hydrogen-bond donors (Lipinski definition) is 1. The lowest BCUT2D eigenvalue weighted by Crippen LogP contribution is -2.49. The summed E-state index contributed by atoms with van der Waals surface area (Å²) in [6.07, 6.45) is 7.56. The molecule has 2 amide bonds. The Labute approximate surface area is 101 Å². The summed E-state index contributed by atoms with van der Waals surface area (Å²) < 4.78 is 0. The SMILES string of the molecule is O=C1C2CC=CCC2C(=O)N1C1CCCNC1. The van der Waals surface area contributed by atoms with E-state index >= 15 is 0 Å². The normalized spacial score (nSPS) is 37.4. The summed E-state index contributed by atoms with van der Waals surface area (Å²) in [4.78, 5) is 26.1. The van der Waals surface area contributed by atoms with Crippen LogP contribution in [-0.4, -0.2) is 35.8 Å². The Bertz CT molecular complexity index is 346. The van der Waals surface area contributed by atoms with Gasteiger partial charge in [0.25, 0.3) is 0 Å². The molecule has 0 radical (unpaired) electrons. The van der Waals surface area contributed by atoms with Crippen molar-refractivity contribution in [3.05, 3.63) is 12.2 Å². The standard InChI is InChI=1S/C13H18N2O2/c16-12-10-5-1-2-6-11(10)13(17)15(12)9-4-3-7-14-8-9/h1-2,9-11,14H,3-8H2. The van der Waals surface area contributed by atoms with Gasteiger partial charge < -0.3 is 5.32 Å². The van der Waals surface area contributed by atoms with Crippen molar-refractivity contribution in [3.63, 3.8) is 0 Å². The largest absolute Gasteiger partial charge is 0.315 e. The van der Waals surface area contributed by atoms with E-state index in [1.807, 2.05) is 12.2 Å². The Hall–Kier alpha value is -1.16. The highest BCUT2D eigenvalue weighted by Gasteiger charge is 2.49. The van der Waals surface area contributed by atoms with Crippen molar-refractivity contribution < 1.29 is 9.59 Å². The molecule has 2 fully saturated rings. The third-order valence-corrected chi connectivity index (χ3v) is 4.18. The first-order valence-electron chi connectivity index (χ1n) is 6.51. The van der Waals surface area contributed by atoms with Crippen molar-refractivity contribution in [1.82, 2.24) is 10.2 Å². The van der Waals surface area contributed by atoms with Crippen molar-refractivity contribution in [1.29, 1.82) is 0 Å². The summed E-state index contributed by atoms with van der Waals surface area (Å²) in [7, 11) is 0. The number of hydrogen-bond acceptors (Lipinski definition) is 3. The van der Waals surface area contributed by atoms with Crippen LogP contribution in [0.4, 0.5) is 0 Å². The third-order valence-electron chi connectivity index (χ3n) is 4.18. The molecule has 17 heavy (non-hydrogen) atoms. The predicted molar refractivity (Wildman–Crippen MR) is 63.1 cm³/mol. The third kappa shape index (κ3) is 1.71. The minimum Gasteiger partial charge on any atom is -0.315 e. The monoisotopic (exact) mass is 234 g/mol. The highest BCUT2D eigenvalue weighted by Crippen LogP contribution is 2.36. The van der Waals surface area contributed by atoms with Gasteiger partial charge >= 0.3 is 0 Å². The summed E-state index contributed by atoms with van der Waals surface area (Å²) in [5.74, 6) is -0.0139. The maximum atomic E-state index is 12.3. The number of likely N-dealkylation sites (tertiary alicyclic amines) is 1. The zero-order chi connectivity index (χ0) is 11.8. The van der Waals surface area contributed by atoms with E-state index < -0.39 is 0 Å². The van der Waals surface area contributed by atoms with Crippen molar-refractivity contribution in [3.8, 4) is 0 Å². The summed E-state index contributed by atoms with van der Waals surface area (Å²) >= 11 is 0. The van der Waals surface area contributed by atoms with E-state index in [0.717, 1.165) is 38.8 Å². The number of carbonyl (C=O) groups is 2. The zero-order valence-electron chi connectivity index (χ0n) is 9.89. The van der Waals surface area contributed by atoms with E-state index in [9.17, 15) is 9.59 Å². The summed E-state index contributed by atoms with van der Waals surface area (Å²) in [5, 5.41) is 3.27. The van der Waals surface area contributed by atoms with Gasteiger partial charge in [-0.1, -0.05) is 12.2 Å². The molecule has 0 saturated carbocycles. The van der Waals surface area contributed by atoms with Crippen LogP contribution in [0.5, 0.6) is 0 Å². The van der Waals surface area contributed by atoms with Crippen LogP contribution in [0.25, 0.3) is 0 Å². The number of fused-ring (bicyclic) bond motifs is 1. The number of piperidine rings is 1. The predicted octanol–water partition coefficient (Wildman–Crippen LogP) is 0.690. The van der Waals surface area contributed by atoms with Crippen LogP contribution in [-0.2, 0) is 9.59 Å². The molecule has 4 nitrogen and oxygen atoms in total. The van der Waals surface area contributed by atoms with E-state index in [4.69, 9.17) is 0 Å². The fourth-order valence-electron chi connectivity index (χ4n) is 3.24. The van der Waals surface area contributed by atoms with Gasteiger partial charge in [0.05, 0.1) is 17.9 Å². The molecule has 1 aliphatic carbocycles. The first-order valence-corrected chi connectivity index (χ1v) is 6.51. The molecule has 0 aromatic rings. The van der Waals surface area contributed by atoms with E-state index in [1.54, 1.807) is 4.90 Å². The molecule has 0 aromatic carbocycles. The number of nitrogens with one attached hydrogen (secondary N) is 1. The lowest BCUT2D eigenvalue weighted by Gasteiger charge is -2.30. The molecule has 3 rings (SSSR count). The number of imide groups is 1. The van der Waals surface area contributed by atoms with E-state index in [-0.39, 0.29) is 29.7 Å². The number of nitrogens with zero attached hydrogens (tertiary/aromatic N) is 1. The van der Waals surface area contributed by atoms with Crippen LogP contribution >= 0.6 is 0 Å². The number of carbonyl (C=O) groups excluding carboxylic acids is 2. The molecule has 3 aliphatic rings. The first kappa shape index (κ1) is 11.0. The van der Waals surface area contributed by atoms with Crippen LogP contribution in [0.2, 0.25) is 0 Å². The Kier molecular flexibility index (Phi) is 2.74. The summed E-state index contributed by atoms with van der Waals surface area (Å²) in [6, 6.07) is 0.0920. The first-order chi connectivity index (χ1) is 8.29. The van der Waals surface area contributed by atoms with Gasteiger partial charge in [0.15, 0.2) is 0 Å². The summed E-state index contributed by atoms with van der Waals surface area (Å²) in [6.45, 7) is 1.77. The molecule has 1 N–H and O–H groups in total. The fourth-order valence-corrected chi connectivity index (χ4v) is 3.24. The molecule has 2 aliphatic heterocycles. The van der Waals surface area contributed by atoms with Gasteiger partial charge in [0, 0.05) is 6.54 Å². The van der Waals surface area contributed by atoms with Gasteiger partial charge in [-0.05, 0) is 32.2 Å². The zero-order valence-corrected chi connectivity index (χ0v) is 9.89. The second-order valence-corrected chi connectivity index (χ2v) is 5.20. The lowest BCUT2D eigenvalue weighted by atomic mass is 9.85. The maximum Gasteiger partial charge on any atom is 0.233 e. The Morgan fingerprint density at radius 1 is 1.12 bits per heavy atom. The molecule has 3 atom stereocenters. The minimum atomic E-state index is -0.0746. The van der Waals surface area contributed by atoms with E-state index in [1.165, 1.54) is 0 Å². The topological polar surface area (TPSA) is 49.4 Å².